The predicted molar refractivity (Wildman–Crippen MR) is 75.3 cm³/mol. The molecule has 10 nitrogen and oxygen atoms in total. The number of rotatable bonds is 5. The van der Waals surface area contributed by atoms with Crippen LogP contribution in [-0.4, -0.2) is 54.3 Å². The topological polar surface area (TPSA) is 175 Å². The lowest BCUT2D eigenvalue weighted by Gasteiger charge is -2.14. The number of aromatic nitrogens is 2. The summed E-state index contributed by atoms with van der Waals surface area (Å²) in [6, 6.07) is 0. The Morgan fingerprint density at radius 3 is 0.917 bits per heavy atom. The maximum atomic E-state index is 11.4. The van der Waals surface area contributed by atoms with Gasteiger partial charge in [0.05, 0.1) is 22.3 Å². The highest BCUT2D eigenvalue weighted by molar-refractivity contribution is 6.12. The fraction of sp³-hybridized carbons (Fsp3) is 0. The number of aromatic carboxylic acids is 4. The van der Waals surface area contributed by atoms with Gasteiger partial charge in [0, 0.05) is 35.9 Å². The van der Waals surface area contributed by atoms with Crippen LogP contribution in [0.3, 0.4) is 0 Å². The minimum atomic E-state index is -1.59. The van der Waals surface area contributed by atoms with Crippen molar-refractivity contribution in [2.45, 2.75) is 0 Å². The Labute approximate surface area is 132 Å². The number of nitrogens with zero attached hydrogens (tertiary/aromatic N) is 2. The van der Waals surface area contributed by atoms with Crippen molar-refractivity contribution >= 4 is 23.9 Å². The van der Waals surface area contributed by atoms with Crippen LogP contribution in [0.15, 0.2) is 24.8 Å². The van der Waals surface area contributed by atoms with E-state index in [4.69, 9.17) is 0 Å². The van der Waals surface area contributed by atoms with Gasteiger partial charge in [0.15, 0.2) is 0 Å². The number of carboxylic acid groups (broad SMARTS) is 4. The average molecular weight is 332 g/mol. The van der Waals surface area contributed by atoms with E-state index < -0.39 is 57.3 Å². The van der Waals surface area contributed by atoms with Crippen molar-refractivity contribution in [2.75, 3.05) is 0 Å². The fourth-order valence-corrected chi connectivity index (χ4v) is 2.11. The normalized spacial score (nSPS) is 10.2. The van der Waals surface area contributed by atoms with E-state index in [-0.39, 0.29) is 0 Å². The molecular formula is C14H8N2O8. The minimum absolute atomic E-state index is 0.567. The first-order valence-electron chi connectivity index (χ1n) is 6.15. The molecule has 0 bridgehead atoms. The molecule has 0 saturated carbocycles. The summed E-state index contributed by atoms with van der Waals surface area (Å²) in [4.78, 5) is 52.5. The van der Waals surface area contributed by atoms with E-state index in [1.54, 1.807) is 0 Å². The number of hydrogen-bond acceptors (Lipinski definition) is 6. The van der Waals surface area contributed by atoms with Crippen molar-refractivity contribution < 1.29 is 39.6 Å². The van der Waals surface area contributed by atoms with Gasteiger partial charge >= 0.3 is 23.9 Å². The summed E-state index contributed by atoms with van der Waals surface area (Å²) in [5, 5.41) is 37.0. The number of pyridine rings is 2. The van der Waals surface area contributed by atoms with E-state index in [0.29, 0.717) is 0 Å². The molecule has 0 atom stereocenters. The molecule has 4 N–H and O–H groups in total. The summed E-state index contributed by atoms with van der Waals surface area (Å²) in [6.07, 6.45) is 3.23. The van der Waals surface area contributed by atoms with Crippen LogP contribution in [0.25, 0.3) is 11.1 Å². The highest BCUT2D eigenvalue weighted by atomic mass is 16.4. The third-order valence-electron chi connectivity index (χ3n) is 3.06. The first-order chi connectivity index (χ1) is 11.3. The summed E-state index contributed by atoms with van der Waals surface area (Å²) in [6.45, 7) is 0. The molecule has 0 aliphatic carbocycles. The first-order valence-corrected chi connectivity index (χ1v) is 6.15. The molecule has 0 spiro atoms. The van der Waals surface area contributed by atoms with Gasteiger partial charge in [0.1, 0.15) is 0 Å². The van der Waals surface area contributed by atoms with Crippen LogP contribution < -0.4 is 0 Å². The maximum Gasteiger partial charge on any atom is 0.337 e. The van der Waals surface area contributed by atoms with E-state index >= 15 is 0 Å². The van der Waals surface area contributed by atoms with Crippen LogP contribution in [0.1, 0.15) is 41.4 Å². The summed E-state index contributed by atoms with van der Waals surface area (Å²) in [5.41, 5.74) is -3.72. The lowest BCUT2D eigenvalue weighted by Crippen LogP contribution is -2.14. The van der Waals surface area contributed by atoms with Gasteiger partial charge in [-0.1, -0.05) is 0 Å². The number of carboxylic acids is 4. The molecule has 2 aromatic heterocycles. The van der Waals surface area contributed by atoms with Crippen molar-refractivity contribution in [3.05, 3.63) is 47.0 Å². The molecule has 2 aromatic rings. The van der Waals surface area contributed by atoms with Crippen LogP contribution in [0.2, 0.25) is 0 Å². The SMILES string of the molecule is O=C(O)c1cncc(C(=O)O)c1-c1c(C(=O)O)cncc1C(=O)O. The Hall–Kier alpha value is -3.82. The molecule has 2 rings (SSSR count). The van der Waals surface area contributed by atoms with Gasteiger partial charge in [-0.2, -0.15) is 0 Å². The summed E-state index contributed by atoms with van der Waals surface area (Å²) in [5.74, 6) is -6.37. The van der Waals surface area contributed by atoms with E-state index in [1.807, 2.05) is 0 Å². The Kier molecular flexibility index (Phi) is 4.22. The largest absolute Gasteiger partial charge is 0.478 e. The van der Waals surface area contributed by atoms with Crippen molar-refractivity contribution in [1.82, 2.24) is 9.97 Å². The van der Waals surface area contributed by atoms with Crippen LogP contribution in [0, 0.1) is 0 Å². The van der Waals surface area contributed by atoms with Gasteiger partial charge in [-0.15, -0.1) is 0 Å². The zero-order valence-corrected chi connectivity index (χ0v) is 11.6. The van der Waals surface area contributed by atoms with Crippen molar-refractivity contribution in [1.29, 1.82) is 0 Å². The van der Waals surface area contributed by atoms with E-state index in [1.165, 1.54) is 0 Å². The molecule has 122 valence electrons. The van der Waals surface area contributed by atoms with Gasteiger partial charge in [0.2, 0.25) is 0 Å². The highest BCUT2D eigenvalue weighted by Gasteiger charge is 2.28. The fourth-order valence-electron chi connectivity index (χ4n) is 2.11. The minimum Gasteiger partial charge on any atom is -0.478 e. The van der Waals surface area contributed by atoms with E-state index in [0.717, 1.165) is 24.8 Å². The highest BCUT2D eigenvalue weighted by Crippen LogP contribution is 2.33. The zero-order chi connectivity index (χ0) is 18.0. The molecule has 24 heavy (non-hydrogen) atoms. The van der Waals surface area contributed by atoms with Gasteiger partial charge < -0.3 is 20.4 Å². The Morgan fingerprint density at radius 1 is 0.542 bits per heavy atom. The van der Waals surface area contributed by atoms with Crippen LogP contribution >= 0.6 is 0 Å². The van der Waals surface area contributed by atoms with Crippen molar-refractivity contribution in [2.24, 2.45) is 0 Å². The molecule has 0 unspecified atom stereocenters. The van der Waals surface area contributed by atoms with Gasteiger partial charge in [0.25, 0.3) is 0 Å². The summed E-state index contributed by atoms with van der Waals surface area (Å²) < 4.78 is 0. The predicted octanol–water partition coefficient (Wildman–Crippen LogP) is 0.936. The molecule has 0 amide bonds. The molecular weight excluding hydrogens is 324 g/mol. The lowest BCUT2D eigenvalue weighted by molar-refractivity contribution is 0.0672. The van der Waals surface area contributed by atoms with E-state index in [9.17, 15) is 39.6 Å². The molecule has 0 aromatic carbocycles. The van der Waals surface area contributed by atoms with Crippen LogP contribution in [0.5, 0.6) is 0 Å². The molecule has 0 aliphatic heterocycles. The lowest BCUT2D eigenvalue weighted by atomic mass is 9.90. The van der Waals surface area contributed by atoms with Crippen LogP contribution in [-0.2, 0) is 0 Å². The Bertz CT molecular complexity index is 752. The average Bonchev–Trinajstić information content (AvgIpc) is 2.52. The summed E-state index contributed by atoms with van der Waals surface area (Å²) in [7, 11) is 0. The second-order valence-corrected chi connectivity index (χ2v) is 4.44. The van der Waals surface area contributed by atoms with Gasteiger partial charge in [-0.05, 0) is 0 Å². The molecule has 10 heteroatoms. The number of carbonyl (C=O) groups is 4. The first kappa shape index (κ1) is 16.5. The monoisotopic (exact) mass is 332 g/mol. The third kappa shape index (κ3) is 2.75. The number of hydrogen-bond donors (Lipinski definition) is 4. The zero-order valence-electron chi connectivity index (χ0n) is 11.6. The van der Waals surface area contributed by atoms with Gasteiger partial charge in [-0.25, -0.2) is 19.2 Å². The van der Waals surface area contributed by atoms with E-state index in [2.05, 4.69) is 9.97 Å². The molecule has 0 radical (unpaired) electrons. The van der Waals surface area contributed by atoms with Crippen LogP contribution in [0.4, 0.5) is 0 Å². The maximum absolute atomic E-state index is 11.4. The second kappa shape index (κ2) is 6.12. The standard InChI is InChI=1S/C14H8N2O8/c17-11(18)5-1-15-2-6(12(19)20)9(5)10-7(13(21)22)3-16-4-8(10)14(23)24/h1-4H,(H,17,18)(H,19,20)(H,21,22)(H,23,24). The smallest absolute Gasteiger partial charge is 0.337 e. The Balaban J connectivity index is 3.06. The molecule has 0 saturated heterocycles. The quantitative estimate of drug-likeness (QED) is 0.616. The van der Waals surface area contributed by atoms with Crippen molar-refractivity contribution in [3.63, 3.8) is 0 Å². The third-order valence-corrected chi connectivity index (χ3v) is 3.06. The summed E-state index contributed by atoms with van der Waals surface area (Å²) >= 11 is 0. The molecule has 0 aliphatic rings. The van der Waals surface area contributed by atoms with Gasteiger partial charge in [-0.3, -0.25) is 9.97 Å². The molecule has 2 heterocycles. The Morgan fingerprint density at radius 2 is 0.750 bits per heavy atom. The van der Waals surface area contributed by atoms with Crippen molar-refractivity contribution in [3.8, 4) is 11.1 Å². The molecule has 0 fully saturated rings. The second-order valence-electron chi connectivity index (χ2n) is 4.44.